The number of hydrogen-bond donors (Lipinski definition) is 1. The molecule has 0 saturated heterocycles. The van der Waals surface area contributed by atoms with Crippen LogP contribution in [0.2, 0.25) is 0 Å². The Balaban J connectivity index is 1.83. The molecule has 0 amide bonds. The van der Waals surface area contributed by atoms with Gasteiger partial charge in [-0.25, -0.2) is 0 Å². The lowest BCUT2D eigenvalue weighted by Gasteiger charge is -2.21. The molecule has 1 N–H and O–H groups in total. The average molecular weight is 347 g/mol. The van der Waals surface area contributed by atoms with Crippen LogP contribution < -0.4 is 10.1 Å². The fraction of sp³-hybridized carbons (Fsp3) is 0.278. The predicted molar refractivity (Wildman–Crippen MR) is 102 cm³/mol. The zero-order valence-corrected chi connectivity index (χ0v) is 15.3. The van der Waals surface area contributed by atoms with Crippen molar-refractivity contribution in [1.29, 1.82) is 0 Å². The van der Waals surface area contributed by atoms with E-state index in [1.165, 1.54) is 16.0 Å². The van der Waals surface area contributed by atoms with Crippen molar-refractivity contribution in [3.05, 3.63) is 59.7 Å². The number of thioether (sulfide) groups is 1. The first-order chi connectivity index (χ1) is 11.1. The Bertz CT molecular complexity index is 626. The zero-order valence-electron chi connectivity index (χ0n) is 13.7. The molecule has 0 aliphatic rings. The van der Waals surface area contributed by atoms with Crippen molar-refractivity contribution >= 4 is 29.1 Å². The van der Waals surface area contributed by atoms with Crippen molar-refractivity contribution in [2.24, 2.45) is 0 Å². The van der Waals surface area contributed by atoms with Crippen LogP contribution in [0.15, 0.2) is 53.4 Å². The summed E-state index contributed by atoms with van der Waals surface area (Å²) in [6, 6.07) is 16.6. The second-order valence-corrected chi connectivity index (χ2v) is 6.48. The van der Waals surface area contributed by atoms with Crippen LogP contribution in [-0.2, 0) is 13.1 Å². The van der Waals surface area contributed by atoms with Gasteiger partial charge in [0, 0.05) is 25.0 Å². The predicted octanol–water partition coefficient (Wildman–Crippen LogP) is 3.92. The normalized spacial score (nSPS) is 10.2. The molecule has 2 rings (SSSR count). The van der Waals surface area contributed by atoms with E-state index < -0.39 is 0 Å². The maximum atomic E-state index is 5.46. The maximum Gasteiger partial charge on any atom is 0.169 e. The SMILES string of the molecule is COc1ccc(CNC(=S)N(C)Cc2ccc(SC)cc2)cc1. The first-order valence-corrected chi connectivity index (χ1v) is 9.00. The fourth-order valence-electron chi connectivity index (χ4n) is 2.13. The van der Waals surface area contributed by atoms with Crippen molar-refractivity contribution in [2.75, 3.05) is 20.4 Å². The quantitative estimate of drug-likeness (QED) is 0.631. The summed E-state index contributed by atoms with van der Waals surface area (Å²) in [5.41, 5.74) is 2.42. The van der Waals surface area contributed by atoms with Gasteiger partial charge in [-0.15, -0.1) is 11.8 Å². The standard InChI is InChI=1S/C18H22N2OS2/c1-20(13-15-6-10-17(23-3)11-7-15)18(22)19-12-14-4-8-16(21-2)9-5-14/h4-11H,12-13H2,1-3H3,(H,19,22). The highest BCUT2D eigenvalue weighted by Crippen LogP contribution is 2.15. The second-order valence-electron chi connectivity index (χ2n) is 5.21. The molecule has 2 aromatic carbocycles. The Morgan fingerprint density at radius 3 is 2.26 bits per heavy atom. The minimum atomic E-state index is 0.707. The van der Waals surface area contributed by atoms with Crippen LogP contribution in [0.3, 0.4) is 0 Å². The number of benzene rings is 2. The third-order valence-corrected chi connectivity index (χ3v) is 4.73. The first-order valence-electron chi connectivity index (χ1n) is 7.37. The Labute approximate surface area is 148 Å². The number of ether oxygens (including phenoxy) is 1. The molecule has 23 heavy (non-hydrogen) atoms. The van der Waals surface area contributed by atoms with Gasteiger partial charge >= 0.3 is 0 Å². The average Bonchev–Trinajstić information content (AvgIpc) is 2.60. The Morgan fingerprint density at radius 1 is 1.09 bits per heavy atom. The zero-order chi connectivity index (χ0) is 16.7. The molecule has 0 saturated carbocycles. The molecule has 0 heterocycles. The highest BCUT2D eigenvalue weighted by atomic mass is 32.2. The minimum absolute atomic E-state index is 0.707. The highest BCUT2D eigenvalue weighted by Gasteiger charge is 2.05. The molecule has 122 valence electrons. The van der Waals surface area contributed by atoms with Gasteiger partial charge in [0.2, 0.25) is 0 Å². The van der Waals surface area contributed by atoms with E-state index in [9.17, 15) is 0 Å². The summed E-state index contributed by atoms with van der Waals surface area (Å²) < 4.78 is 5.16. The van der Waals surface area contributed by atoms with Gasteiger partial charge in [0.1, 0.15) is 5.75 Å². The number of nitrogens with one attached hydrogen (secondary N) is 1. The van der Waals surface area contributed by atoms with E-state index in [2.05, 4.69) is 35.8 Å². The van der Waals surface area contributed by atoms with Gasteiger partial charge < -0.3 is 15.0 Å². The summed E-state index contributed by atoms with van der Waals surface area (Å²) in [6.07, 6.45) is 2.08. The van der Waals surface area contributed by atoms with E-state index in [4.69, 9.17) is 17.0 Å². The van der Waals surface area contributed by atoms with Gasteiger partial charge in [0.05, 0.1) is 7.11 Å². The van der Waals surface area contributed by atoms with Gasteiger partial charge in [-0.1, -0.05) is 24.3 Å². The first kappa shape index (κ1) is 17.6. The third kappa shape index (κ3) is 5.44. The molecule has 0 unspecified atom stereocenters. The van der Waals surface area contributed by atoms with Crippen LogP contribution in [0.4, 0.5) is 0 Å². The lowest BCUT2D eigenvalue weighted by atomic mass is 10.2. The Morgan fingerprint density at radius 2 is 1.70 bits per heavy atom. The summed E-state index contributed by atoms with van der Waals surface area (Å²) >= 11 is 7.21. The fourth-order valence-corrected chi connectivity index (χ4v) is 2.68. The van der Waals surface area contributed by atoms with Crippen LogP contribution in [0.1, 0.15) is 11.1 Å². The summed E-state index contributed by atoms with van der Waals surface area (Å²) in [5, 5.41) is 4.04. The van der Waals surface area contributed by atoms with E-state index in [-0.39, 0.29) is 0 Å². The van der Waals surface area contributed by atoms with E-state index in [1.807, 2.05) is 36.2 Å². The van der Waals surface area contributed by atoms with Crippen LogP contribution in [0.5, 0.6) is 5.75 Å². The Hall–Kier alpha value is -1.72. The molecule has 5 heteroatoms. The lowest BCUT2D eigenvalue weighted by molar-refractivity contribution is 0.414. The van der Waals surface area contributed by atoms with E-state index in [0.717, 1.165) is 17.4 Å². The maximum absolute atomic E-state index is 5.46. The van der Waals surface area contributed by atoms with Gasteiger partial charge in [-0.3, -0.25) is 0 Å². The molecule has 0 spiro atoms. The summed E-state index contributed by atoms with van der Waals surface area (Å²) in [7, 11) is 3.68. The number of methoxy groups -OCH3 is 1. The second kappa shape index (κ2) is 8.79. The number of rotatable bonds is 6. The summed E-state index contributed by atoms with van der Waals surface area (Å²) in [4.78, 5) is 3.32. The van der Waals surface area contributed by atoms with E-state index >= 15 is 0 Å². The van der Waals surface area contributed by atoms with Gasteiger partial charge in [-0.2, -0.15) is 0 Å². The molecule has 0 radical (unpaired) electrons. The van der Waals surface area contributed by atoms with Gasteiger partial charge in [0.15, 0.2) is 5.11 Å². The largest absolute Gasteiger partial charge is 0.497 e. The van der Waals surface area contributed by atoms with Crippen molar-refractivity contribution in [1.82, 2.24) is 10.2 Å². The Kier molecular flexibility index (Phi) is 6.74. The molecular weight excluding hydrogens is 324 g/mol. The molecule has 0 atom stereocenters. The number of hydrogen-bond acceptors (Lipinski definition) is 3. The smallest absolute Gasteiger partial charge is 0.169 e. The molecule has 0 aromatic heterocycles. The number of thiocarbonyl (C=S) groups is 1. The molecule has 0 aliphatic heterocycles. The monoisotopic (exact) mass is 346 g/mol. The van der Waals surface area contributed by atoms with Crippen LogP contribution >= 0.6 is 24.0 Å². The molecule has 0 aliphatic carbocycles. The topological polar surface area (TPSA) is 24.5 Å². The summed E-state index contributed by atoms with van der Waals surface area (Å²) in [6.45, 7) is 1.50. The van der Waals surface area contributed by atoms with Gasteiger partial charge in [0.25, 0.3) is 0 Å². The minimum Gasteiger partial charge on any atom is -0.497 e. The summed E-state index contributed by atoms with van der Waals surface area (Å²) in [5.74, 6) is 0.863. The van der Waals surface area contributed by atoms with Crippen molar-refractivity contribution < 1.29 is 4.74 Å². The van der Waals surface area contributed by atoms with Crippen molar-refractivity contribution in [2.45, 2.75) is 18.0 Å². The van der Waals surface area contributed by atoms with E-state index in [1.54, 1.807) is 18.9 Å². The van der Waals surface area contributed by atoms with Crippen LogP contribution in [0.25, 0.3) is 0 Å². The van der Waals surface area contributed by atoms with Crippen molar-refractivity contribution in [3.8, 4) is 5.75 Å². The van der Waals surface area contributed by atoms with Gasteiger partial charge in [-0.05, 0) is 53.9 Å². The molecule has 2 aromatic rings. The molecular formula is C18H22N2OS2. The third-order valence-electron chi connectivity index (χ3n) is 3.53. The molecule has 0 bridgehead atoms. The van der Waals surface area contributed by atoms with Crippen LogP contribution in [-0.4, -0.2) is 30.4 Å². The van der Waals surface area contributed by atoms with Crippen LogP contribution in [0, 0.1) is 0 Å². The van der Waals surface area contributed by atoms with E-state index in [0.29, 0.717) is 6.54 Å². The van der Waals surface area contributed by atoms with Crippen molar-refractivity contribution in [3.63, 3.8) is 0 Å². The molecule has 0 fully saturated rings. The highest BCUT2D eigenvalue weighted by molar-refractivity contribution is 7.98. The lowest BCUT2D eigenvalue weighted by Crippen LogP contribution is -2.36. The molecule has 3 nitrogen and oxygen atoms in total. The number of nitrogens with zero attached hydrogens (tertiary/aromatic N) is 1.